The Morgan fingerprint density at radius 3 is 2.82 bits per heavy atom. The van der Waals surface area contributed by atoms with Crippen molar-refractivity contribution in [3.05, 3.63) is 29.8 Å². The van der Waals surface area contributed by atoms with Crippen molar-refractivity contribution in [3.8, 4) is 5.75 Å². The number of hydrogen-bond donors (Lipinski definition) is 2. The summed E-state index contributed by atoms with van der Waals surface area (Å²) in [4.78, 5) is 7.09. The maximum Gasteiger partial charge on any atom is 0.191 e. The number of likely N-dealkylation sites (N-methyl/N-ethyl adjacent to an activating group) is 1. The Labute approximate surface area is 170 Å². The molecule has 0 saturated carbocycles. The lowest BCUT2D eigenvalue weighted by Crippen LogP contribution is -2.41. The summed E-state index contributed by atoms with van der Waals surface area (Å²) < 4.78 is 11.4. The predicted molar refractivity (Wildman–Crippen MR) is 116 cm³/mol. The monoisotopic (exact) mass is 390 g/mol. The van der Waals surface area contributed by atoms with Crippen LogP contribution in [0.2, 0.25) is 0 Å². The third-order valence-electron chi connectivity index (χ3n) is 5.18. The molecule has 0 bridgehead atoms. The molecule has 0 spiro atoms. The lowest BCUT2D eigenvalue weighted by atomic mass is 10.1. The second-order valence-corrected chi connectivity index (χ2v) is 7.47. The van der Waals surface area contributed by atoms with E-state index in [4.69, 9.17) is 14.5 Å². The number of nitrogens with one attached hydrogen (secondary N) is 2. The summed E-state index contributed by atoms with van der Waals surface area (Å²) >= 11 is 0. The Balaban J connectivity index is 1.82. The van der Waals surface area contributed by atoms with Gasteiger partial charge in [0.15, 0.2) is 5.96 Å². The van der Waals surface area contributed by atoms with E-state index < -0.39 is 0 Å². The lowest BCUT2D eigenvalue weighted by molar-refractivity contribution is 0.0392. The molecule has 1 heterocycles. The number of benzene rings is 1. The van der Waals surface area contributed by atoms with Crippen LogP contribution in [0.15, 0.2) is 29.3 Å². The van der Waals surface area contributed by atoms with Gasteiger partial charge in [-0.05, 0) is 57.9 Å². The molecule has 2 rings (SSSR count). The Morgan fingerprint density at radius 1 is 1.32 bits per heavy atom. The Bertz CT molecular complexity index is 588. The first-order valence-corrected chi connectivity index (χ1v) is 10.7. The summed E-state index contributed by atoms with van der Waals surface area (Å²) in [5.74, 6) is 1.77. The van der Waals surface area contributed by atoms with Crippen LogP contribution in [0.1, 0.15) is 45.6 Å². The van der Waals surface area contributed by atoms with Gasteiger partial charge in [-0.25, -0.2) is 4.99 Å². The molecule has 28 heavy (non-hydrogen) atoms. The standard InChI is InChI=1S/C22H38N4O2/c1-5-18(3)25-22(23-6-2)24-17-19-8-7-9-21(16-19)28-15-12-26(4)20-10-13-27-14-11-20/h7-9,16,18,20H,5-6,10-15,17H2,1-4H3,(H2,23,24,25). The number of guanidine groups is 1. The van der Waals surface area contributed by atoms with Crippen LogP contribution < -0.4 is 15.4 Å². The molecule has 1 aromatic rings. The highest BCUT2D eigenvalue weighted by atomic mass is 16.5. The van der Waals surface area contributed by atoms with E-state index in [9.17, 15) is 0 Å². The molecule has 2 N–H and O–H groups in total. The van der Waals surface area contributed by atoms with Crippen LogP contribution in [0.3, 0.4) is 0 Å². The third-order valence-corrected chi connectivity index (χ3v) is 5.18. The van der Waals surface area contributed by atoms with E-state index in [1.807, 2.05) is 12.1 Å². The Hall–Kier alpha value is -1.79. The van der Waals surface area contributed by atoms with Crippen LogP contribution in [0.4, 0.5) is 0 Å². The average molecular weight is 391 g/mol. The molecule has 1 unspecified atom stereocenters. The number of hydrogen-bond acceptors (Lipinski definition) is 4. The van der Waals surface area contributed by atoms with Gasteiger partial charge in [0.1, 0.15) is 12.4 Å². The van der Waals surface area contributed by atoms with Gasteiger partial charge in [-0.1, -0.05) is 19.1 Å². The summed E-state index contributed by atoms with van der Waals surface area (Å²) in [6.07, 6.45) is 3.29. The van der Waals surface area contributed by atoms with Crippen molar-refractivity contribution in [1.29, 1.82) is 0 Å². The van der Waals surface area contributed by atoms with Gasteiger partial charge in [0.2, 0.25) is 0 Å². The van der Waals surface area contributed by atoms with E-state index in [1.165, 1.54) is 0 Å². The van der Waals surface area contributed by atoms with Gasteiger partial charge in [-0.3, -0.25) is 4.90 Å². The normalized spacial score (nSPS) is 16.8. The molecule has 1 aliphatic rings. The van der Waals surface area contributed by atoms with Crippen LogP contribution in [0, 0.1) is 0 Å². The molecule has 6 nitrogen and oxygen atoms in total. The Morgan fingerprint density at radius 2 is 2.11 bits per heavy atom. The highest BCUT2D eigenvalue weighted by molar-refractivity contribution is 5.80. The van der Waals surface area contributed by atoms with Crippen LogP contribution in [-0.2, 0) is 11.3 Å². The van der Waals surface area contributed by atoms with E-state index in [1.54, 1.807) is 0 Å². The molecule has 1 atom stereocenters. The molecule has 1 aliphatic heterocycles. The van der Waals surface area contributed by atoms with Crippen LogP contribution in [-0.4, -0.2) is 62.9 Å². The van der Waals surface area contributed by atoms with Crippen molar-refractivity contribution in [3.63, 3.8) is 0 Å². The summed E-state index contributed by atoms with van der Waals surface area (Å²) in [7, 11) is 2.18. The smallest absolute Gasteiger partial charge is 0.191 e. The minimum absolute atomic E-state index is 0.403. The fourth-order valence-corrected chi connectivity index (χ4v) is 3.18. The van der Waals surface area contributed by atoms with Crippen LogP contribution >= 0.6 is 0 Å². The largest absolute Gasteiger partial charge is 0.492 e. The molecule has 1 fully saturated rings. The minimum atomic E-state index is 0.403. The predicted octanol–water partition coefficient (Wildman–Crippen LogP) is 3.03. The molecule has 1 saturated heterocycles. The van der Waals surface area contributed by atoms with Crippen LogP contribution in [0.5, 0.6) is 5.75 Å². The average Bonchev–Trinajstić information content (AvgIpc) is 2.73. The second kappa shape index (κ2) is 12.6. The summed E-state index contributed by atoms with van der Waals surface area (Å²) in [5.41, 5.74) is 1.15. The van der Waals surface area contributed by atoms with Crippen molar-refractivity contribution in [2.45, 2.75) is 58.7 Å². The van der Waals surface area contributed by atoms with Gasteiger partial charge >= 0.3 is 0 Å². The van der Waals surface area contributed by atoms with E-state index >= 15 is 0 Å². The zero-order valence-corrected chi connectivity index (χ0v) is 18.0. The fraction of sp³-hybridized carbons (Fsp3) is 0.682. The molecule has 0 aliphatic carbocycles. The topological polar surface area (TPSA) is 58.1 Å². The van der Waals surface area contributed by atoms with Gasteiger partial charge in [-0.15, -0.1) is 0 Å². The van der Waals surface area contributed by atoms with Crippen LogP contribution in [0.25, 0.3) is 0 Å². The summed E-state index contributed by atoms with van der Waals surface area (Å²) in [6.45, 7) is 11.3. The van der Waals surface area contributed by atoms with Gasteiger partial charge in [-0.2, -0.15) is 0 Å². The number of rotatable bonds is 10. The minimum Gasteiger partial charge on any atom is -0.492 e. The van der Waals surface area contributed by atoms with Crippen molar-refractivity contribution in [2.75, 3.05) is 40.0 Å². The van der Waals surface area contributed by atoms with E-state index in [0.717, 1.165) is 62.8 Å². The van der Waals surface area contributed by atoms with Crippen molar-refractivity contribution >= 4 is 5.96 Å². The summed E-state index contributed by atoms with van der Waals surface area (Å²) in [5, 5.41) is 6.73. The SMILES string of the molecule is CCNC(=NCc1cccc(OCCN(C)C2CCOCC2)c1)NC(C)CC. The highest BCUT2D eigenvalue weighted by Crippen LogP contribution is 2.15. The second-order valence-electron chi connectivity index (χ2n) is 7.47. The third kappa shape index (κ3) is 8.07. The number of ether oxygens (including phenoxy) is 2. The molecular weight excluding hydrogens is 352 g/mol. The van der Waals surface area contributed by atoms with E-state index in [0.29, 0.717) is 25.2 Å². The Kier molecular flexibility index (Phi) is 10.1. The molecule has 0 radical (unpaired) electrons. The number of nitrogens with zero attached hydrogens (tertiary/aromatic N) is 2. The van der Waals surface area contributed by atoms with Crippen molar-refractivity contribution in [2.24, 2.45) is 4.99 Å². The zero-order valence-electron chi connectivity index (χ0n) is 18.0. The van der Waals surface area contributed by atoms with Gasteiger partial charge in [0, 0.05) is 38.4 Å². The summed E-state index contributed by atoms with van der Waals surface area (Å²) in [6, 6.07) is 9.25. The quantitative estimate of drug-likeness (QED) is 0.475. The van der Waals surface area contributed by atoms with E-state index in [2.05, 4.69) is 55.5 Å². The van der Waals surface area contributed by atoms with Gasteiger partial charge in [0.25, 0.3) is 0 Å². The van der Waals surface area contributed by atoms with Crippen molar-refractivity contribution in [1.82, 2.24) is 15.5 Å². The number of aliphatic imine (C=N–C) groups is 1. The fourth-order valence-electron chi connectivity index (χ4n) is 3.18. The lowest BCUT2D eigenvalue weighted by Gasteiger charge is -2.31. The molecule has 6 heteroatoms. The first-order chi connectivity index (χ1) is 13.6. The molecule has 158 valence electrons. The van der Waals surface area contributed by atoms with E-state index in [-0.39, 0.29) is 0 Å². The first-order valence-electron chi connectivity index (χ1n) is 10.7. The van der Waals surface area contributed by atoms with Crippen molar-refractivity contribution < 1.29 is 9.47 Å². The first kappa shape index (κ1) is 22.5. The maximum absolute atomic E-state index is 5.99. The molecular formula is C22H38N4O2. The molecule has 0 aromatic heterocycles. The van der Waals surface area contributed by atoms with Gasteiger partial charge < -0.3 is 20.1 Å². The molecule has 1 aromatic carbocycles. The highest BCUT2D eigenvalue weighted by Gasteiger charge is 2.17. The molecule has 0 amide bonds. The van der Waals surface area contributed by atoms with Gasteiger partial charge in [0.05, 0.1) is 6.54 Å². The maximum atomic E-state index is 5.99. The zero-order chi connectivity index (χ0) is 20.2.